The Kier molecular flexibility index (Phi) is 2.94. The second kappa shape index (κ2) is 4.35. The summed E-state index contributed by atoms with van der Waals surface area (Å²) in [5.74, 6) is 1.35. The van der Waals surface area contributed by atoms with Crippen molar-refractivity contribution in [3.8, 4) is 0 Å². The van der Waals surface area contributed by atoms with Crippen LogP contribution in [0.4, 0.5) is 0 Å². The maximum Gasteiger partial charge on any atom is 0.264 e. The van der Waals surface area contributed by atoms with Gasteiger partial charge in [0.1, 0.15) is 22.0 Å². The van der Waals surface area contributed by atoms with Crippen molar-refractivity contribution in [1.82, 2.24) is 0 Å². The van der Waals surface area contributed by atoms with Gasteiger partial charge in [0.25, 0.3) is 5.78 Å². The van der Waals surface area contributed by atoms with Crippen LogP contribution in [0.3, 0.4) is 0 Å². The molecule has 6 heteroatoms. The molecule has 0 saturated carbocycles. The summed E-state index contributed by atoms with van der Waals surface area (Å²) in [6, 6.07) is 0. The van der Waals surface area contributed by atoms with E-state index in [-0.39, 0.29) is 35.3 Å². The summed E-state index contributed by atoms with van der Waals surface area (Å²) in [5.41, 5.74) is 0. The van der Waals surface area contributed by atoms with E-state index in [1.54, 1.807) is 0 Å². The number of hydrogen-bond donors (Lipinski definition) is 0. The maximum absolute atomic E-state index is 12.3. The van der Waals surface area contributed by atoms with Crippen molar-refractivity contribution >= 4 is 35.1 Å². The summed E-state index contributed by atoms with van der Waals surface area (Å²) in [7, 11) is 0. The van der Waals surface area contributed by atoms with Gasteiger partial charge in [-0.1, -0.05) is 0 Å². The summed E-state index contributed by atoms with van der Waals surface area (Å²) in [6.45, 7) is 3.77. The topological polar surface area (TPSA) is 52.6 Å². The van der Waals surface area contributed by atoms with Crippen molar-refractivity contribution in [2.75, 3.05) is 11.5 Å². The predicted octanol–water partition coefficient (Wildman–Crippen LogP) is 1.87. The highest BCUT2D eigenvalue weighted by atomic mass is 32.2. The second-order valence-corrected chi connectivity index (χ2v) is 6.51. The zero-order chi connectivity index (χ0) is 12.9. The van der Waals surface area contributed by atoms with E-state index < -0.39 is 0 Å². The van der Waals surface area contributed by atoms with Crippen LogP contribution in [0.1, 0.15) is 13.8 Å². The fourth-order valence-electron chi connectivity index (χ4n) is 1.97. The molecule has 0 amide bonds. The van der Waals surface area contributed by atoms with Gasteiger partial charge in [-0.25, -0.2) is 0 Å². The van der Waals surface area contributed by atoms with Crippen LogP contribution < -0.4 is 0 Å². The Bertz CT molecular complexity index is 464. The number of rotatable bonds is 0. The first-order valence-corrected chi connectivity index (χ1v) is 7.72. The summed E-state index contributed by atoms with van der Waals surface area (Å²) in [5, 5.41) is 0. The van der Waals surface area contributed by atoms with Crippen LogP contribution in [-0.2, 0) is 19.1 Å². The lowest BCUT2D eigenvalue weighted by Gasteiger charge is -2.32. The van der Waals surface area contributed by atoms with Crippen molar-refractivity contribution in [3.05, 3.63) is 21.3 Å². The average Bonchev–Trinajstić information content (AvgIpc) is 2.35. The van der Waals surface area contributed by atoms with E-state index >= 15 is 0 Å². The third-order valence-electron chi connectivity index (χ3n) is 2.80. The quantitative estimate of drug-likeness (QED) is 0.633. The monoisotopic (exact) mass is 284 g/mol. The molecule has 2 atom stereocenters. The molecule has 0 aromatic carbocycles. The molecule has 2 unspecified atom stereocenters. The SMILES string of the molecule is CC1CSC2=C(O1)C(=O)C1=C(SCC(C)O1)C2=O. The van der Waals surface area contributed by atoms with Gasteiger partial charge in [0.05, 0.1) is 0 Å². The molecule has 2 aliphatic heterocycles. The fraction of sp³-hybridized carbons (Fsp3) is 0.500. The van der Waals surface area contributed by atoms with Crippen LogP contribution in [-0.4, -0.2) is 35.3 Å². The summed E-state index contributed by atoms with van der Waals surface area (Å²) in [4.78, 5) is 25.5. The third kappa shape index (κ3) is 1.78. The molecule has 18 heavy (non-hydrogen) atoms. The Morgan fingerprint density at radius 1 is 0.889 bits per heavy atom. The number of carbonyl (C=O) groups excluding carboxylic acids is 2. The van der Waals surface area contributed by atoms with E-state index in [1.165, 1.54) is 23.5 Å². The summed E-state index contributed by atoms with van der Waals surface area (Å²) in [6.07, 6.45) is -0.109. The van der Waals surface area contributed by atoms with Crippen molar-refractivity contribution in [2.45, 2.75) is 26.1 Å². The van der Waals surface area contributed by atoms with Gasteiger partial charge in [-0.05, 0) is 13.8 Å². The van der Waals surface area contributed by atoms with Gasteiger partial charge < -0.3 is 9.47 Å². The highest BCUT2D eigenvalue weighted by Crippen LogP contribution is 2.43. The molecule has 3 aliphatic rings. The number of carbonyl (C=O) groups is 2. The fourth-order valence-corrected chi connectivity index (χ4v) is 3.98. The summed E-state index contributed by atoms with van der Waals surface area (Å²) >= 11 is 2.81. The number of ketones is 2. The Morgan fingerprint density at radius 3 is 1.78 bits per heavy atom. The number of thioether (sulfide) groups is 2. The highest BCUT2D eigenvalue weighted by Gasteiger charge is 2.42. The minimum Gasteiger partial charge on any atom is -0.484 e. The van der Waals surface area contributed by atoms with Crippen LogP contribution in [0.25, 0.3) is 0 Å². The highest BCUT2D eigenvalue weighted by molar-refractivity contribution is 8.06. The molecule has 1 aliphatic carbocycles. The van der Waals surface area contributed by atoms with Gasteiger partial charge in [0.15, 0.2) is 11.5 Å². The molecule has 4 nitrogen and oxygen atoms in total. The molecule has 0 N–H and O–H groups in total. The van der Waals surface area contributed by atoms with Gasteiger partial charge >= 0.3 is 0 Å². The molecule has 3 rings (SSSR count). The molecular formula is C12H12O4S2. The van der Waals surface area contributed by atoms with Crippen molar-refractivity contribution < 1.29 is 19.1 Å². The Hall–Kier alpha value is -0.880. The molecule has 0 bridgehead atoms. The van der Waals surface area contributed by atoms with E-state index in [9.17, 15) is 9.59 Å². The van der Waals surface area contributed by atoms with Crippen LogP contribution in [0.15, 0.2) is 21.3 Å². The van der Waals surface area contributed by atoms with Crippen LogP contribution in [0.2, 0.25) is 0 Å². The molecule has 0 aromatic heterocycles. The smallest absolute Gasteiger partial charge is 0.264 e. The summed E-state index contributed by atoms with van der Waals surface area (Å²) < 4.78 is 11.0. The van der Waals surface area contributed by atoms with E-state index in [1.807, 2.05) is 13.8 Å². The molecule has 96 valence electrons. The van der Waals surface area contributed by atoms with Crippen LogP contribution in [0, 0.1) is 0 Å². The van der Waals surface area contributed by atoms with Crippen LogP contribution >= 0.6 is 23.5 Å². The van der Waals surface area contributed by atoms with Gasteiger partial charge in [-0.15, -0.1) is 23.5 Å². The third-order valence-corrected chi connectivity index (χ3v) is 5.39. The Labute approximate surface area is 113 Å². The number of allylic oxidation sites excluding steroid dienone is 2. The number of ether oxygens (including phenoxy) is 2. The van der Waals surface area contributed by atoms with Crippen LogP contribution in [0.5, 0.6) is 0 Å². The molecule has 0 aromatic rings. The van der Waals surface area contributed by atoms with Gasteiger partial charge in [0.2, 0.25) is 5.78 Å². The van der Waals surface area contributed by atoms with E-state index in [2.05, 4.69) is 0 Å². The Morgan fingerprint density at radius 2 is 1.33 bits per heavy atom. The first-order valence-electron chi connectivity index (χ1n) is 5.74. The van der Waals surface area contributed by atoms with E-state index in [4.69, 9.17) is 9.47 Å². The minimum atomic E-state index is -0.280. The largest absolute Gasteiger partial charge is 0.484 e. The number of hydrogen-bond acceptors (Lipinski definition) is 6. The zero-order valence-corrected chi connectivity index (χ0v) is 11.7. The van der Waals surface area contributed by atoms with Crippen molar-refractivity contribution in [2.24, 2.45) is 0 Å². The lowest BCUT2D eigenvalue weighted by Crippen LogP contribution is -2.34. The lowest BCUT2D eigenvalue weighted by atomic mass is 10.1. The van der Waals surface area contributed by atoms with E-state index in [0.717, 1.165) is 0 Å². The molecule has 2 heterocycles. The van der Waals surface area contributed by atoms with Gasteiger partial charge in [0, 0.05) is 11.5 Å². The first kappa shape index (κ1) is 12.2. The van der Waals surface area contributed by atoms with Gasteiger partial charge in [-0.3, -0.25) is 9.59 Å². The maximum atomic E-state index is 12.3. The molecule has 0 fully saturated rings. The average molecular weight is 284 g/mol. The molecule has 0 radical (unpaired) electrons. The normalized spacial score (nSPS) is 31.7. The molecule has 0 spiro atoms. The van der Waals surface area contributed by atoms with Gasteiger partial charge in [-0.2, -0.15) is 0 Å². The zero-order valence-electron chi connectivity index (χ0n) is 10.0. The predicted molar refractivity (Wildman–Crippen MR) is 70.1 cm³/mol. The number of Topliss-reactive ketones (excluding diaryl/α,β-unsaturated/α-hetero) is 2. The second-order valence-electron chi connectivity index (χ2n) is 4.45. The molecule has 0 saturated heterocycles. The minimum absolute atomic E-state index is 0.0543. The standard InChI is InChI=1S/C12H12O4S2/c1-5-3-17-11-8(14)12-10(7(13)9(11)15-5)16-6(2)4-18-12/h5-6H,3-4H2,1-2H3. The van der Waals surface area contributed by atoms with Crippen molar-refractivity contribution in [3.63, 3.8) is 0 Å². The lowest BCUT2D eigenvalue weighted by molar-refractivity contribution is -0.123. The van der Waals surface area contributed by atoms with Crippen molar-refractivity contribution in [1.29, 1.82) is 0 Å². The van der Waals surface area contributed by atoms with E-state index in [0.29, 0.717) is 21.3 Å². The Balaban J connectivity index is 2.03. The molecular weight excluding hydrogens is 272 g/mol. The first-order chi connectivity index (χ1) is 8.58.